The number of fused-ring (bicyclic) bond motifs is 10. The summed E-state index contributed by atoms with van der Waals surface area (Å²) in [5.41, 5.74) is 0. The van der Waals surface area contributed by atoms with Gasteiger partial charge in [0.2, 0.25) is 0 Å². The molecule has 0 amide bonds. The molecule has 10 aliphatic rings. The van der Waals surface area contributed by atoms with Crippen LogP contribution >= 0.6 is 95.6 Å². The van der Waals surface area contributed by atoms with Gasteiger partial charge in [0, 0.05) is 0 Å². The van der Waals surface area contributed by atoms with E-state index in [0.717, 1.165) is 0 Å². The van der Waals surface area contributed by atoms with Crippen LogP contribution in [-0.2, 0) is 6.51 Å². The summed E-state index contributed by atoms with van der Waals surface area (Å²) in [6.07, 6.45) is 0. The SMILES string of the molecule is BrC(Br)(Br)[C]12[CH]3[CH]4[CH]5[CH]1[Fe]45321678[CH]2[CH]1[CH]6[C]7(C(Br)(Br)Br)[CH]28. The average molecular weight is 687 g/mol. The fourth-order valence-electron chi connectivity index (χ4n) is 18.1. The Labute approximate surface area is 151 Å². The minimum absolute atomic E-state index is 0.0558. The molecular weight excluding hydrogens is 679 g/mol. The van der Waals surface area contributed by atoms with E-state index < -0.39 is 6.51 Å². The molecule has 10 aliphatic heterocycles. The van der Waals surface area contributed by atoms with Gasteiger partial charge in [0.1, 0.15) is 0 Å². The van der Waals surface area contributed by atoms with Crippen LogP contribution in [0.2, 0.25) is 47.2 Å². The van der Waals surface area contributed by atoms with E-state index >= 15 is 0 Å². The van der Waals surface area contributed by atoms with E-state index in [1.165, 1.54) is 38.5 Å². The van der Waals surface area contributed by atoms with Gasteiger partial charge in [-0.1, -0.05) is 0 Å². The van der Waals surface area contributed by atoms with Crippen molar-refractivity contribution in [2.24, 2.45) is 0 Å². The van der Waals surface area contributed by atoms with Crippen LogP contribution in [0.4, 0.5) is 0 Å². The van der Waals surface area contributed by atoms with Gasteiger partial charge in [-0.15, -0.1) is 0 Å². The maximum atomic E-state index is 4.06. The van der Waals surface area contributed by atoms with Crippen LogP contribution in [-0.4, -0.2) is 4.29 Å². The van der Waals surface area contributed by atoms with Crippen LogP contribution in [0.3, 0.4) is 0 Å². The third-order valence-electron chi connectivity index (χ3n) is 15.7. The fraction of sp³-hybridized carbons (Fsp3) is 1.00. The first-order valence-corrected chi connectivity index (χ1v) is 17.7. The first-order chi connectivity index (χ1) is 8.43. The summed E-state index contributed by atoms with van der Waals surface area (Å²) in [5, 5.41) is 0. The minimum atomic E-state index is -3.37. The number of alkyl halides is 6. The van der Waals surface area contributed by atoms with Crippen LogP contribution in [0.15, 0.2) is 0 Å². The Morgan fingerprint density at radius 2 is 0.842 bits per heavy atom. The summed E-state index contributed by atoms with van der Waals surface area (Å²) in [5.74, 6) is 0. The van der Waals surface area contributed by atoms with E-state index in [-0.39, 0.29) is 4.29 Å². The van der Waals surface area contributed by atoms with Crippen molar-refractivity contribution in [3.63, 3.8) is 0 Å². The molecule has 0 N–H and O–H groups in total. The predicted octanol–water partition coefficient (Wildman–Crippen LogP) is 7.79. The maximum absolute atomic E-state index is 4.06. The molecule has 10 fully saturated rings. The second kappa shape index (κ2) is 0.958. The molecule has 10 heterocycles. The molecule has 8 atom stereocenters. The van der Waals surface area contributed by atoms with Gasteiger partial charge in [-0.3, -0.25) is 0 Å². The van der Waals surface area contributed by atoms with Crippen molar-refractivity contribution in [1.29, 1.82) is 0 Å². The second-order valence-electron chi connectivity index (χ2n) is 10.8. The molecule has 0 saturated carbocycles. The predicted molar refractivity (Wildman–Crippen MR) is 94.4 cm³/mol. The molecule has 0 radical (unpaired) electrons. The zero-order valence-corrected chi connectivity index (χ0v) is 19.9. The number of hydrogen-bond donors (Lipinski definition) is 0. The van der Waals surface area contributed by atoms with Crippen LogP contribution in [0, 0.1) is 0 Å². The molecule has 0 bridgehead atoms. The number of hydrogen-bond acceptors (Lipinski definition) is 0. The Morgan fingerprint density at radius 3 is 0.947 bits per heavy atom. The average Bonchev–Trinajstić information content (AvgIpc) is 3.21. The van der Waals surface area contributed by atoms with Gasteiger partial charge in [0.25, 0.3) is 0 Å². The Kier molecular flexibility index (Phi) is 0.525. The normalized spacial score (nSPS) is 114. The van der Waals surface area contributed by atoms with E-state index in [1.807, 2.05) is 0 Å². The standard InChI is InChI=1S/2C6H4Br3.Fe/c2*7-6(8,9)5-3-1-2-4-5;/h2*1-4H;. The van der Waals surface area contributed by atoms with Gasteiger partial charge in [-0.25, -0.2) is 0 Å². The van der Waals surface area contributed by atoms with Crippen molar-refractivity contribution in [2.75, 3.05) is 0 Å². The molecule has 8 unspecified atom stereocenters. The molecule has 0 nitrogen and oxygen atoms in total. The first kappa shape index (κ1) is 10.4. The summed E-state index contributed by atoms with van der Waals surface area (Å²) in [6.45, 7) is -3.37. The molecule has 7 heteroatoms. The van der Waals surface area contributed by atoms with Gasteiger partial charge < -0.3 is 0 Å². The third-order valence-corrected chi connectivity index (χ3v) is 64.7. The summed E-state index contributed by atoms with van der Waals surface area (Å²) < 4.78 is 1.53. The van der Waals surface area contributed by atoms with E-state index in [2.05, 4.69) is 95.6 Å². The zero-order valence-electron chi connectivity index (χ0n) is 9.24. The number of rotatable bonds is 0. The van der Waals surface area contributed by atoms with Gasteiger partial charge in [-0.2, -0.15) is 0 Å². The van der Waals surface area contributed by atoms with Gasteiger partial charge >= 0.3 is 154 Å². The molecule has 0 aromatic rings. The molecule has 1 spiro atoms. The molecule has 10 rings (SSSR count). The monoisotopic (exact) mass is 682 g/mol. The summed E-state index contributed by atoms with van der Waals surface area (Å²) in [6, 6.07) is 0. The van der Waals surface area contributed by atoms with Crippen molar-refractivity contribution in [1.82, 2.24) is 0 Å². The van der Waals surface area contributed by atoms with Crippen molar-refractivity contribution >= 4 is 95.6 Å². The van der Waals surface area contributed by atoms with E-state index in [0.29, 0.717) is 8.63 Å². The van der Waals surface area contributed by atoms with Gasteiger partial charge in [-0.05, 0) is 0 Å². The van der Waals surface area contributed by atoms with Gasteiger partial charge in [0.15, 0.2) is 0 Å². The molecule has 106 valence electrons. The van der Waals surface area contributed by atoms with Crippen molar-refractivity contribution in [3.05, 3.63) is 0 Å². The molecule has 19 heavy (non-hydrogen) atoms. The molecule has 0 aromatic carbocycles. The Hall–Kier alpha value is 3.40. The molecule has 0 aliphatic carbocycles. The molecular formula is C12H8Br6Fe. The van der Waals surface area contributed by atoms with Crippen LogP contribution in [0.25, 0.3) is 0 Å². The van der Waals surface area contributed by atoms with Crippen LogP contribution < -0.4 is 0 Å². The Morgan fingerprint density at radius 1 is 0.579 bits per heavy atom. The quantitative estimate of drug-likeness (QED) is 0.180. The molecule has 0 aromatic heterocycles. The van der Waals surface area contributed by atoms with Gasteiger partial charge in [0.05, 0.1) is 0 Å². The van der Waals surface area contributed by atoms with Crippen molar-refractivity contribution < 1.29 is 6.51 Å². The Balaban J connectivity index is 1.64. The summed E-state index contributed by atoms with van der Waals surface area (Å²) in [4.78, 5) is 9.92. The van der Waals surface area contributed by atoms with Crippen LogP contribution in [0.5, 0.6) is 0 Å². The van der Waals surface area contributed by atoms with E-state index in [1.54, 1.807) is 0 Å². The van der Waals surface area contributed by atoms with E-state index in [9.17, 15) is 0 Å². The first-order valence-electron chi connectivity index (χ1n) is 6.78. The zero-order chi connectivity index (χ0) is 12.9. The van der Waals surface area contributed by atoms with Crippen molar-refractivity contribution in [3.8, 4) is 0 Å². The fourth-order valence-corrected chi connectivity index (χ4v) is 117. The summed E-state index contributed by atoms with van der Waals surface area (Å²) in [7, 11) is 0. The topological polar surface area (TPSA) is 0 Å². The Bertz CT molecular complexity index is 996. The van der Waals surface area contributed by atoms with Crippen molar-refractivity contribution in [2.45, 2.75) is 51.4 Å². The number of halogens is 6. The third kappa shape index (κ3) is 0.132. The van der Waals surface area contributed by atoms with E-state index in [4.69, 9.17) is 0 Å². The van der Waals surface area contributed by atoms with Crippen LogP contribution in [0.1, 0.15) is 0 Å². The summed E-state index contributed by atoms with van der Waals surface area (Å²) >= 11 is 24.4. The second-order valence-corrected chi connectivity index (χ2v) is 47.5. The molecule has 10 saturated heterocycles.